The molecule has 0 spiro atoms. The molecule has 0 aromatic carbocycles. The summed E-state index contributed by atoms with van der Waals surface area (Å²) in [5, 5.41) is 6.95. The monoisotopic (exact) mass is 262 g/mol. The van der Waals surface area contributed by atoms with Crippen molar-refractivity contribution in [1.29, 1.82) is 0 Å². The predicted octanol–water partition coefficient (Wildman–Crippen LogP) is 3.60. The number of nitrogens with zero attached hydrogens (tertiary/aromatic N) is 2. The summed E-state index contributed by atoms with van der Waals surface area (Å²) in [6.45, 7) is 7.44. The minimum absolute atomic E-state index is 0.542. The van der Waals surface area contributed by atoms with Crippen LogP contribution in [0.15, 0.2) is 6.33 Å². The van der Waals surface area contributed by atoms with Crippen LogP contribution in [0.3, 0.4) is 0 Å². The lowest BCUT2D eigenvalue weighted by Crippen LogP contribution is -2.21. The molecular weight excluding hydrogens is 236 g/mol. The predicted molar refractivity (Wildman–Crippen MR) is 80.6 cm³/mol. The lowest BCUT2D eigenvalue weighted by Gasteiger charge is -2.19. The van der Waals surface area contributed by atoms with Gasteiger partial charge in [0.15, 0.2) is 0 Å². The Morgan fingerprint density at radius 3 is 2.63 bits per heavy atom. The van der Waals surface area contributed by atoms with E-state index in [1.165, 1.54) is 19.3 Å². The number of hydrogen-bond acceptors (Lipinski definition) is 4. The Kier molecular flexibility index (Phi) is 5.00. The second-order valence-corrected chi connectivity index (χ2v) is 5.55. The highest BCUT2D eigenvalue weighted by Gasteiger charge is 2.25. The first-order valence-corrected chi connectivity index (χ1v) is 7.56. The minimum Gasteiger partial charge on any atom is -0.370 e. The molecule has 1 unspecified atom stereocenters. The molecule has 2 N–H and O–H groups in total. The Labute approximate surface area is 116 Å². The molecule has 0 amide bonds. The van der Waals surface area contributed by atoms with E-state index in [1.807, 2.05) is 0 Å². The van der Waals surface area contributed by atoms with Crippen molar-refractivity contribution in [1.82, 2.24) is 9.97 Å². The molecule has 4 heteroatoms. The molecule has 19 heavy (non-hydrogen) atoms. The van der Waals surface area contributed by atoms with Gasteiger partial charge in [-0.3, -0.25) is 0 Å². The molecule has 106 valence electrons. The third-order valence-corrected chi connectivity index (χ3v) is 3.77. The SMILES string of the molecule is CCCNc1ncnc(NC(CC)CC2CC2)c1C. The van der Waals surface area contributed by atoms with Crippen molar-refractivity contribution in [3.05, 3.63) is 11.9 Å². The van der Waals surface area contributed by atoms with Gasteiger partial charge < -0.3 is 10.6 Å². The third-order valence-electron chi connectivity index (χ3n) is 3.77. The van der Waals surface area contributed by atoms with Gasteiger partial charge in [-0.15, -0.1) is 0 Å². The summed E-state index contributed by atoms with van der Waals surface area (Å²) in [6, 6.07) is 0.542. The van der Waals surface area contributed by atoms with E-state index in [0.717, 1.165) is 42.5 Å². The van der Waals surface area contributed by atoms with Crippen molar-refractivity contribution in [2.45, 2.75) is 58.9 Å². The molecule has 1 aliphatic rings. The topological polar surface area (TPSA) is 49.8 Å². The van der Waals surface area contributed by atoms with Crippen LogP contribution in [0.2, 0.25) is 0 Å². The summed E-state index contributed by atoms with van der Waals surface area (Å²) >= 11 is 0. The average molecular weight is 262 g/mol. The zero-order valence-corrected chi connectivity index (χ0v) is 12.4. The third kappa shape index (κ3) is 4.08. The van der Waals surface area contributed by atoms with Crippen LogP contribution in [0.5, 0.6) is 0 Å². The van der Waals surface area contributed by atoms with Gasteiger partial charge in [-0.25, -0.2) is 9.97 Å². The molecule has 1 fully saturated rings. The van der Waals surface area contributed by atoms with E-state index in [0.29, 0.717) is 6.04 Å². The maximum absolute atomic E-state index is 4.40. The average Bonchev–Trinajstić information content (AvgIpc) is 3.22. The number of nitrogens with one attached hydrogen (secondary N) is 2. The maximum Gasteiger partial charge on any atom is 0.134 e. The van der Waals surface area contributed by atoms with E-state index in [1.54, 1.807) is 6.33 Å². The van der Waals surface area contributed by atoms with E-state index in [9.17, 15) is 0 Å². The lowest BCUT2D eigenvalue weighted by molar-refractivity contribution is 0.584. The second kappa shape index (κ2) is 6.73. The summed E-state index contributed by atoms with van der Waals surface area (Å²) in [5.41, 5.74) is 1.13. The quantitative estimate of drug-likeness (QED) is 0.751. The van der Waals surface area contributed by atoms with Crippen LogP contribution in [0, 0.1) is 12.8 Å². The summed E-state index contributed by atoms with van der Waals surface area (Å²) < 4.78 is 0. The first-order chi connectivity index (χ1) is 9.24. The van der Waals surface area contributed by atoms with Crippen molar-refractivity contribution in [3.8, 4) is 0 Å². The molecule has 2 rings (SSSR count). The largest absolute Gasteiger partial charge is 0.370 e. The molecule has 1 aliphatic carbocycles. The first-order valence-electron chi connectivity index (χ1n) is 7.56. The van der Waals surface area contributed by atoms with Crippen molar-refractivity contribution >= 4 is 11.6 Å². The van der Waals surface area contributed by atoms with Gasteiger partial charge in [0.1, 0.15) is 18.0 Å². The number of anilines is 2. The molecule has 0 aliphatic heterocycles. The van der Waals surface area contributed by atoms with Gasteiger partial charge in [-0.1, -0.05) is 26.7 Å². The molecule has 1 heterocycles. The Hall–Kier alpha value is -1.32. The molecule has 1 saturated carbocycles. The molecule has 0 saturated heterocycles. The Balaban J connectivity index is 2.01. The second-order valence-electron chi connectivity index (χ2n) is 5.55. The highest BCUT2D eigenvalue weighted by atomic mass is 15.1. The highest BCUT2D eigenvalue weighted by Crippen LogP contribution is 2.35. The summed E-state index contributed by atoms with van der Waals surface area (Å²) in [7, 11) is 0. The Morgan fingerprint density at radius 1 is 1.26 bits per heavy atom. The standard InChI is InChI=1S/C15H26N4/c1-4-8-16-14-11(3)15(18-10-17-14)19-13(5-2)9-12-6-7-12/h10,12-13H,4-9H2,1-3H3,(H2,16,17,18,19). The van der Waals surface area contributed by atoms with Gasteiger partial charge >= 0.3 is 0 Å². The van der Waals surface area contributed by atoms with E-state index >= 15 is 0 Å². The van der Waals surface area contributed by atoms with Crippen molar-refractivity contribution in [2.24, 2.45) is 5.92 Å². The van der Waals surface area contributed by atoms with E-state index in [4.69, 9.17) is 0 Å². The van der Waals surface area contributed by atoms with Crippen LogP contribution in [0.4, 0.5) is 11.6 Å². The number of hydrogen-bond donors (Lipinski definition) is 2. The normalized spacial score (nSPS) is 16.2. The molecule has 4 nitrogen and oxygen atoms in total. The van der Waals surface area contributed by atoms with Crippen molar-refractivity contribution < 1.29 is 0 Å². The summed E-state index contributed by atoms with van der Waals surface area (Å²) in [6.07, 6.45) is 7.99. The van der Waals surface area contributed by atoms with Gasteiger partial charge in [0.2, 0.25) is 0 Å². The van der Waals surface area contributed by atoms with Gasteiger partial charge in [0, 0.05) is 18.2 Å². The van der Waals surface area contributed by atoms with Gasteiger partial charge in [-0.2, -0.15) is 0 Å². The van der Waals surface area contributed by atoms with Crippen LogP contribution in [-0.2, 0) is 0 Å². The maximum atomic E-state index is 4.40. The van der Waals surface area contributed by atoms with Gasteiger partial charge in [0.25, 0.3) is 0 Å². The molecular formula is C15H26N4. The summed E-state index contributed by atoms with van der Waals surface area (Å²) in [5.74, 6) is 2.89. The van der Waals surface area contributed by atoms with E-state index in [2.05, 4.69) is 41.4 Å². The van der Waals surface area contributed by atoms with Crippen LogP contribution in [-0.4, -0.2) is 22.6 Å². The van der Waals surface area contributed by atoms with E-state index < -0.39 is 0 Å². The Bertz CT molecular complexity index is 401. The minimum atomic E-state index is 0.542. The van der Waals surface area contributed by atoms with Crippen LogP contribution in [0.25, 0.3) is 0 Å². The molecule has 1 atom stereocenters. The molecule has 1 aromatic rings. The van der Waals surface area contributed by atoms with Crippen LogP contribution in [0.1, 0.15) is 51.5 Å². The van der Waals surface area contributed by atoms with Crippen LogP contribution >= 0.6 is 0 Å². The zero-order valence-electron chi connectivity index (χ0n) is 12.4. The first kappa shape index (κ1) is 14.1. The van der Waals surface area contributed by atoms with Gasteiger partial charge in [-0.05, 0) is 32.1 Å². The zero-order chi connectivity index (χ0) is 13.7. The fraction of sp³-hybridized carbons (Fsp3) is 0.733. The molecule has 0 radical (unpaired) electrons. The highest BCUT2D eigenvalue weighted by molar-refractivity contribution is 5.56. The molecule has 1 aromatic heterocycles. The van der Waals surface area contributed by atoms with Gasteiger partial charge in [0.05, 0.1) is 0 Å². The van der Waals surface area contributed by atoms with Crippen molar-refractivity contribution in [2.75, 3.05) is 17.2 Å². The lowest BCUT2D eigenvalue weighted by atomic mass is 10.1. The van der Waals surface area contributed by atoms with E-state index in [-0.39, 0.29) is 0 Å². The Morgan fingerprint density at radius 2 is 2.00 bits per heavy atom. The van der Waals surface area contributed by atoms with Crippen molar-refractivity contribution in [3.63, 3.8) is 0 Å². The smallest absolute Gasteiger partial charge is 0.134 e. The fourth-order valence-corrected chi connectivity index (χ4v) is 2.29. The number of rotatable bonds is 8. The summed E-state index contributed by atoms with van der Waals surface area (Å²) in [4.78, 5) is 8.72. The molecule has 0 bridgehead atoms. The van der Waals surface area contributed by atoms with Crippen LogP contribution < -0.4 is 10.6 Å². The fourth-order valence-electron chi connectivity index (χ4n) is 2.29. The number of aromatic nitrogens is 2.